The van der Waals surface area contributed by atoms with Crippen molar-refractivity contribution in [3.05, 3.63) is 87.7 Å². The lowest BCUT2D eigenvalue weighted by Gasteiger charge is -2.30. The quantitative estimate of drug-likeness (QED) is 0.568. The highest BCUT2D eigenvalue weighted by molar-refractivity contribution is 8.00. The number of halogens is 1. The van der Waals surface area contributed by atoms with Gasteiger partial charge in [-0.3, -0.25) is 0 Å². The van der Waals surface area contributed by atoms with Gasteiger partial charge in [0.15, 0.2) is 0 Å². The normalized spacial score (nSPS) is 18.0. The molecule has 2 aromatic carbocycles. The summed E-state index contributed by atoms with van der Waals surface area (Å²) < 4.78 is 0. The number of aryl methyl sites for hydroxylation is 1. The molecule has 0 amide bonds. The van der Waals surface area contributed by atoms with Crippen molar-refractivity contribution in [2.75, 3.05) is 10.2 Å². The maximum Gasteiger partial charge on any atom is 0.113 e. The van der Waals surface area contributed by atoms with E-state index in [0.717, 1.165) is 44.5 Å². The minimum atomic E-state index is -0.0779. The third-order valence-corrected chi connectivity index (χ3v) is 6.57. The van der Waals surface area contributed by atoms with Crippen molar-refractivity contribution in [1.29, 1.82) is 5.26 Å². The molecule has 0 radical (unpaired) electrons. The minimum absolute atomic E-state index is 0.0779. The predicted octanol–water partition coefficient (Wildman–Crippen LogP) is 6.64. The van der Waals surface area contributed by atoms with Gasteiger partial charge in [-0.05, 0) is 68.3 Å². The number of fused-ring (bicyclic) bond motifs is 1. The average molecular weight is 406 g/mol. The second-order valence-electron chi connectivity index (χ2n) is 6.96. The highest BCUT2D eigenvalue weighted by atomic mass is 35.5. The highest BCUT2D eigenvalue weighted by Crippen LogP contribution is 2.42. The fourth-order valence-corrected chi connectivity index (χ4v) is 4.91. The molecule has 2 heterocycles. The van der Waals surface area contributed by atoms with Gasteiger partial charge in [-0.1, -0.05) is 41.6 Å². The van der Waals surface area contributed by atoms with Crippen LogP contribution in [-0.2, 0) is 0 Å². The molecule has 140 valence electrons. The minimum Gasteiger partial charge on any atom is -0.368 e. The maximum atomic E-state index is 9.89. The number of nitrogens with one attached hydrogen (secondary N) is 1. The molecular formula is C23H20ClN3S. The molecule has 1 unspecified atom stereocenters. The van der Waals surface area contributed by atoms with E-state index >= 15 is 0 Å². The largest absolute Gasteiger partial charge is 0.368 e. The topological polar surface area (TPSA) is 39.1 Å². The van der Waals surface area contributed by atoms with Gasteiger partial charge in [0.25, 0.3) is 0 Å². The number of para-hydroxylation sites is 1. The zero-order chi connectivity index (χ0) is 19.8. The molecule has 0 bridgehead atoms. The first kappa shape index (κ1) is 18.7. The lowest BCUT2D eigenvalue weighted by Crippen LogP contribution is -2.23. The van der Waals surface area contributed by atoms with Crippen molar-refractivity contribution in [2.45, 2.75) is 31.0 Å². The van der Waals surface area contributed by atoms with Crippen LogP contribution in [0.1, 0.15) is 19.4 Å². The summed E-state index contributed by atoms with van der Waals surface area (Å²) in [5, 5.41) is 14.0. The lowest BCUT2D eigenvalue weighted by atomic mass is 10.0. The number of hydrogen-bond donors (Lipinski definition) is 1. The van der Waals surface area contributed by atoms with E-state index in [1.54, 1.807) is 11.8 Å². The van der Waals surface area contributed by atoms with Crippen LogP contribution in [0.15, 0.2) is 82.1 Å². The van der Waals surface area contributed by atoms with E-state index < -0.39 is 0 Å². The fourth-order valence-electron chi connectivity index (χ4n) is 3.57. The Hall–Kier alpha value is -2.61. The van der Waals surface area contributed by atoms with Gasteiger partial charge >= 0.3 is 0 Å². The molecule has 0 spiro atoms. The number of nitriles is 1. The van der Waals surface area contributed by atoms with Crippen molar-refractivity contribution in [3.63, 3.8) is 0 Å². The molecule has 5 heteroatoms. The third kappa shape index (κ3) is 3.32. The molecule has 1 atom stereocenters. The van der Waals surface area contributed by atoms with Crippen LogP contribution in [0.4, 0.5) is 11.4 Å². The first-order chi connectivity index (χ1) is 13.5. The number of allylic oxidation sites excluding steroid dienone is 5. The van der Waals surface area contributed by atoms with E-state index in [-0.39, 0.29) is 5.37 Å². The van der Waals surface area contributed by atoms with E-state index in [1.165, 1.54) is 4.90 Å². The number of benzene rings is 2. The van der Waals surface area contributed by atoms with Gasteiger partial charge in [-0.25, -0.2) is 0 Å². The molecule has 2 aliphatic heterocycles. The van der Waals surface area contributed by atoms with Crippen molar-refractivity contribution < 1.29 is 0 Å². The Kier molecular flexibility index (Phi) is 4.97. The summed E-state index contributed by atoms with van der Waals surface area (Å²) in [7, 11) is 0. The van der Waals surface area contributed by atoms with Crippen molar-refractivity contribution in [1.82, 2.24) is 0 Å². The van der Waals surface area contributed by atoms with E-state index in [9.17, 15) is 5.26 Å². The second-order valence-corrected chi connectivity index (χ2v) is 8.51. The van der Waals surface area contributed by atoms with Gasteiger partial charge in [0.05, 0.1) is 11.6 Å². The SMILES string of the molecule is CC1=CC(=C(C#N)C2Nc3ccccc3S2)C=C(C)N1c1ccc(C)c(Cl)c1. The van der Waals surface area contributed by atoms with Crippen LogP contribution >= 0.6 is 23.4 Å². The van der Waals surface area contributed by atoms with Crippen LogP contribution in [0.2, 0.25) is 5.02 Å². The van der Waals surface area contributed by atoms with E-state index in [0.29, 0.717) is 0 Å². The Morgan fingerprint density at radius 1 is 1.11 bits per heavy atom. The molecule has 0 fully saturated rings. The number of nitrogens with zero attached hydrogens (tertiary/aromatic N) is 2. The Labute approximate surface area is 175 Å². The van der Waals surface area contributed by atoms with Crippen molar-refractivity contribution in [3.8, 4) is 6.07 Å². The first-order valence-electron chi connectivity index (χ1n) is 9.07. The zero-order valence-corrected chi connectivity index (χ0v) is 17.5. The van der Waals surface area contributed by atoms with Crippen LogP contribution in [0.5, 0.6) is 0 Å². The standard InChI is InChI=1S/C23H20ClN3S/c1-14-8-9-18(12-20(14)24)27-15(2)10-17(11-16(27)3)19(13-25)23-26-21-6-4-5-7-22(21)28-23/h4-12,23,26H,1-3H3. The number of thioether (sulfide) groups is 1. The molecule has 2 aliphatic rings. The molecule has 0 aliphatic carbocycles. The summed E-state index contributed by atoms with van der Waals surface area (Å²) in [5.41, 5.74) is 6.97. The number of rotatable bonds is 2. The fraction of sp³-hybridized carbons (Fsp3) is 0.174. The van der Waals surface area contributed by atoms with Crippen molar-refractivity contribution >= 4 is 34.7 Å². The molecule has 0 saturated heterocycles. The lowest BCUT2D eigenvalue weighted by molar-refractivity contribution is 1.03. The molecule has 0 aromatic heterocycles. The van der Waals surface area contributed by atoms with Crippen LogP contribution in [-0.4, -0.2) is 5.37 Å². The smallest absolute Gasteiger partial charge is 0.113 e. The summed E-state index contributed by atoms with van der Waals surface area (Å²) in [4.78, 5) is 3.34. The first-order valence-corrected chi connectivity index (χ1v) is 10.3. The monoisotopic (exact) mass is 405 g/mol. The molecule has 3 nitrogen and oxygen atoms in total. The molecular weight excluding hydrogens is 386 g/mol. The van der Waals surface area contributed by atoms with E-state index in [4.69, 9.17) is 11.6 Å². The van der Waals surface area contributed by atoms with Gasteiger partial charge in [0, 0.05) is 32.7 Å². The Bertz CT molecular complexity index is 1040. The van der Waals surface area contributed by atoms with Gasteiger partial charge in [0.1, 0.15) is 5.37 Å². The van der Waals surface area contributed by atoms with Crippen LogP contribution in [0, 0.1) is 18.3 Å². The van der Waals surface area contributed by atoms with Gasteiger partial charge in [-0.15, -0.1) is 0 Å². The van der Waals surface area contributed by atoms with Crippen LogP contribution < -0.4 is 10.2 Å². The average Bonchev–Trinajstić information content (AvgIpc) is 3.08. The van der Waals surface area contributed by atoms with Gasteiger partial charge < -0.3 is 10.2 Å². The maximum absolute atomic E-state index is 9.89. The summed E-state index contributed by atoms with van der Waals surface area (Å²) in [6.07, 6.45) is 4.15. The van der Waals surface area contributed by atoms with Gasteiger partial charge in [0.2, 0.25) is 0 Å². The molecule has 1 N–H and O–H groups in total. The highest BCUT2D eigenvalue weighted by Gasteiger charge is 2.27. The predicted molar refractivity (Wildman–Crippen MR) is 119 cm³/mol. The molecule has 2 aromatic rings. The summed E-state index contributed by atoms with van der Waals surface area (Å²) in [6, 6.07) is 16.7. The van der Waals surface area contributed by atoms with E-state index in [2.05, 4.69) is 54.4 Å². The molecule has 0 saturated carbocycles. The van der Waals surface area contributed by atoms with Crippen molar-refractivity contribution in [2.24, 2.45) is 0 Å². The Morgan fingerprint density at radius 2 is 1.82 bits per heavy atom. The number of anilines is 2. The summed E-state index contributed by atoms with van der Waals surface area (Å²) >= 11 is 8.02. The third-order valence-electron chi connectivity index (χ3n) is 4.96. The van der Waals surface area contributed by atoms with Crippen LogP contribution in [0.3, 0.4) is 0 Å². The summed E-state index contributed by atoms with van der Waals surface area (Å²) in [6.45, 7) is 6.12. The van der Waals surface area contributed by atoms with Crippen LogP contribution in [0.25, 0.3) is 0 Å². The molecule has 28 heavy (non-hydrogen) atoms. The second kappa shape index (κ2) is 7.43. The Morgan fingerprint density at radius 3 is 2.46 bits per heavy atom. The number of hydrogen-bond acceptors (Lipinski definition) is 4. The van der Waals surface area contributed by atoms with Gasteiger partial charge in [-0.2, -0.15) is 5.26 Å². The summed E-state index contributed by atoms with van der Waals surface area (Å²) in [5.74, 6) is 0. The van der Waals surface area contributed by atoms with E-state index in [1.807, 2.05) is 37.3 Å². The zero-order valence-electron chi connectivity index (χ0n) is 16.0. The Balaban J connectivity index is 1.69. The molecule has 4 rings (SSSR count).